The lowest BCUT2D eigenvalue weighted by Crippen LogP contribution is -2.61. The molecule has 4 fully saturated rings. The SMILES string of the molecule is O=C(NCCN(c1ccccc1)c1ccccc1)NC12CC3CC(CC(C3)C1)C2. The molecule has 0 heterocycles. The monoisotopic (exact) mass is 389 g/mol. The molecule has 4 bridgehead atoms. The fourth-order valence-corrected chi connectivity index (χ4v) is 6.45. The first-order valence-electron chi connectivity index (χ1n) is 11.1. The van der Waals surface area contributed by atoms with E-state index >= 15 is 0 Å². The molecule has 0 spiro atoms. The largest absolute Gasteiger partial charge is 0.340 e. The molecule has 0 unspecified atom stereocenters. The highest BCUT2D eigenvalue weighted by Crippen LogP contribution is 2.55. The van der Waals surface area contributed by atoms with Gasteiger partial charge in [-0.25, -0.2) is 4.79 Å². The van der Waals surface area contributed by atoms with Crippen LogP contribution in [0.1, 0.15) is 38.5 Å². The number of carbonyl (C=O) groups is 1. The fraction of sp³-hybridized carbons (Fsp3) is 0.480. The summed E-state index contributed by atoms with van der Waals surface area (Å²) in [6.45, 7) is 1.35. The number of nitrogens with one attached hydrogen (secondary N) is 2. The fourth-order valence-electron chi connectivity index (χ4n) is 6.45. The van der Waals surface area contributed by atoms with Gasteiger partial charge in [0, 0.05) is 30.0 Å². The molecule has 2 aromatic carbocycles. The Morgan fingerprint density at radius 3 is 1.79 bits per heavy atom. The summed E-state index contributed by atoms with van der Waals surface area (Å²) in [6, 6.07) is 20.7. The Morgan fingerprint density at radius 1 is 0.828 bits per heavy atom. The van der Waals surface area contributed by atoms with E-state index in [-0.39, 0.29) is 11.6 Å². The van der Waals surface area contributed by atoms with Gasteiger partial charge in [0.25, 0.3) is 0 Å². The number of urea groups is 1. The standard InChI is InChI=1S/C25H31N3O/c29-24(27-25-16-19-13-20(17-25)15-21(14-19)18-25)26-11-12-28(22-7-3-1-4-8-22)23-9-5-2-6-10-23/h1-10,19-21H,11-18H2,(H2,26,27,29). The number of anilines is 2. The highest BCUT2D eigenvalue weighted by Gasteiger charge is 2.51. The summed E-state index contributed by atoms with van der Waals surface area (Å²) in [5, 5.41) is 6.55. The molecule has 29 heavy (non-hydrogen) atoms. The van der Waals surface area contributed by atoms with E-state index in [1.54, 1.807) is 0 Å². The molecule has 0 aromatic heterocycles. The van der Waals surface area contributed by atoms with Crippen LogP contribution in [0.5, 0.6) is 0 Å². The van der Waals surface area contributed by atoms with Gasteiger partial charge in [-0.1, -0.05) is 36.4 Å². The van der Waals surface area contributed by atoms with Gasteiger partial charge in [0.05, 0.1) is 0 Å². The lowest BCUT2D eigenvalue weighted by molar-refractivity contribution is -0.0135. The minimum atomic E-state index is 0.00743. The third kappa shape index (κ3) is 3.98. The Hall–Kier alpha value is -2.49. The smallest absolute Gasteiger partial charge is 0.315 e. The van der Waals surface area contributed by atoms with Gasteiger partial charge in [-0.05, 0) is 80.5 Å². The zero-order valence-corrected chi connectivity index (χ0v) is 17.0. The zero-order chi connectivity index (χ0) is 19.7. The van der Waals surface area contributed by atoms with Gasteiger partial charge >= 0.3 is 6.03 Å². The molecule has 0 atom stereocenters. The van der Waals surface area contributed by atoms with Crippen LogP contribution < -0.4 is 15.5 Å². The van der Waals surface area contributed by atoms with Crippen LogP contribution in [-0.2, 0) is 0 Å². The summed E-state index contributed by atoms with van der Waals surface area (Å²) in [7, 11) is 0. The van der Waals surface area contributed by atoms with Gasteiger partial charge < -0.3 is 15.5 Å². The maximum Gasteiger partial charge on any atom is 0.315 e. The number of carbonyl (C=O) groups excluding carboxylic acids is 1. The Kier molecular flexibility index (Phi) is 4.94. The molecule has 2 N–H and O–H groups in total. The molecule has 2 aromatic rings. The molecule has 0 aliphatic heterocycles. The van der Waals surface area contributed by atoms with Crippen LogP contribution in [0, 0.1) is 17.8 Å². The van der Waals surface area contributed by atoms with Crippen LogP contribution in [0.15, 0.2) is 60.7 Å². The van der Waals surface area contributed by atoms with Crippen molar-refractivity contribution < 1.29 is 4.79 Å². The van der Waals surface area contributed by atoms with Crippen molar-refractivity contribution in [1.29, 1.82) is 0 Å². The predicted octanol–water partition coefficient (Wildman–Crippen LogP) is 5.09. The van der Waals surface area contributed by atoms with Gasteiger partial charge in [0.15, 0.2) is 0 Å². The van der Waals surface area contributed by atoms with E-state index in [0.29, 0.717) is 6.54 Å². The van der Waals surface area contributed by atoms with Crippen LogP contribution in [-0.4, -0.2) is 24.7 Å². The summed E-state index contributed by atoms with van der Waals surface area (Å²) >= 11 is 0. The summed E-state index contributed by atoms with van der Waals surface area (Å²) in [6.07, 6.45) is 7.74. The van der Waals surface area contributed by atoms with Crippen LogP contribution >= 0.6 is 0 Å². The molecule has 2 amide bonds. The van der Waals surface area contributed by atoms with Crippen molar-refractivity contribution in [3.8, 4) is 0 Å². The molecular weight excluding hydrogens is 358 g/mol. The Balaban J connectivity index is 1.20. The van der Waals surface area contributed by atoms with Crippen LogP contribution in [0.3, 0.4) is 0 Å². The number of rotatable bonds is 6. The topological polar surface area (TPSA) is 44.4 Å². The molecule has 6 rings (SSSR count). The van der Waals surface area contributed by atoms with E-state index in [0.717, 1.165) is 35.7 Å². The van der Waals surface area contributed by atoms with Gasteiger partial charge in [0.2, 0.25) is 0 Å². The second kappa shape index (κ2) is 7.74. The first kappa shape index (κ1) is 18.5. The van der Waals surface area contributed by atoms with Crippen molar-refractivity contribution >= 4 is 17.4 Å². The maximum absolute atomic E-state index is 12.7. The molecule has 4 nitrogen and oxygen atoms in total. The molecule has 0 radical (unpaired) electrons. The highest BCUT2D eigenvalue weighted by atomic mass is 16.2. The Labute approximate surface area is 173 Å². The molecule has 4 saturated carbocycles. The quantitative estimate of drug-likeness (QED) is 0.722. The lowest BCUT2D eigenvalue weighted by atomic mass is 9.53. The van der Waals surface area contributed by atoms with Crippen molar-refractivity contribution in [3.05, 3.63) is 60.7 Å². The first-order chi connectivity index (χ1) is 14.2. The van der Waals surface area contributed by atoms with E-state index in [1.807, 2.05) is 12.1 Å². The molecule has 4 aliphatic rings. The van der Waals surface area contributed by atoms with E-state index in [9.17, 15) is 4.79 Å². The number of hydrogen-bond donors (Lipinski definition) is 2. The molecule has 152 valence electrons. The molecule has 4 aliphatic carbocycles. The maximum atomic E-state index is 12.7. The molecule has 0 saturated heterocycles. The zero-order valence-electron chi connectivity index (χ0n) is 17.0. The van der Waals surface area contributed by atoms with Crippen molar-refractivity contribution in [1.82, 2.24) is 10.6 Å². The minimum Gasteiger partial charge on any atom is -0.340 e. The average Bonchev–Trinajstić information content (AvgIpc) is 2.71. The summed E-state index contributed by atoms with van der Waals surface area (Å²) < 4.78 is 0. The third-order valence-electron chi connectivity index (χ3n) is 7.17. The summed E-state index contributed by atoms with van der Waals surface area (Å²) in [4.78, 5) is 15.0. The number of hydrogen-bond acceptors (Lipinski definition) is 2. The van der Waals surface area contributed by atoms with Crippen molar-refractivity contribution in [2.24, 2.45) is 17.8 Å². The van der Waals surface area contributed by atoms with E-state index in [4.69, 9.17) is 0 Å². The highest BCUT2D eigenvalue weighted by molar-refractivity contribution is 5.75. The number of amides is 2. The molecular formula is C25H31N3O. The molecule has 4 heteroatoms. The average molecular weight is 390 g/mol. The van der Waals surface area contributed by atoms with Gasteiger partial charge in [-0.15, -0.1) is 0 Å². The van der Waals surface area contributed by atoms with Crippen molar-refractivity contribution in [2.75, 3.05) is 18.0 Å². The van der Waals surface area contributed by atoms with Gasteiger partial charge in [-0.3, -0.25) is 0 Å². The predicted molar refractivity (Wildman–Crippen MR) is 117 cm³/mol. The van der Waals surface area contributed by atoms with Crippen LogP contribution in [0.4, 0.5) is 16.2 Å². The van der Waals surface area contributed by atoms with E-state index in [2.05, 4.69) is 64.1 Å². The van der Waals surface area contributed by atoms with Crippen LogP contribution in [0.2, 0.25) is 0 Å². The third-order valence-corrected chi connectivity index (χ3v) is 7.17. The van der Waals surface area contributed by atoms with E-state index < -0.39 is 0 Å². The Morgan fingerprint density at radius 2 is 1.31 bits per heavy atom. The van der Waals surface area contributed by atoms with E-state index in [1.165, 1.54) is 38.5 Å². The second-order valence-electron chi connectivity index (χ2n) is 9.40. The Bertz CT molecular complexity index is 761. The lowest BCUT2D eigenvalue weighted by Gasteiger charge is -2.56. The minimum absolute atomic E-state index is 0.00743. The normalized spacial score (nSPS) is 29.4. The summed E-state index contributed by atoms with van der Waals surface area (Å²) in [5.74, 6) is 2.52. The van der Waals surface area contributed by atoms with Crippen LogP contribution in [0.25, 0.3) is 0 Å². The second-order valence-corrected chi connectivity index (χ2v) is 9.40. The number of nitrogens with zero attached hydrogens (tertiary/aromatic N) is 1. The first-order valence-corrected chi connectivity index (χ1v) is 11.1. The van der Waals surface area contributed by atoms with Crippen molar-refractivity contribution in [3.63, 3.8) is 0 Å². The summed E-state index contributed by atoms with van der Waals surface area (Å²) in [5.41, 5.74) is 2.35. The van der Waals surface area contributed by atoms with Gasteiger partial charge in [0.1, 0.15) is 0 Å². The van der Waals surface area contributed by atoms with Gasteiger partial charge in [-0.2, -0.15) is 0 Å². The van der Waals surface area contributed by atoms with Crippen molar-refractivity contribution in [2.45, 2.75) is 44.1 Å². The number of benzene rings is 2. The number of para-hydroxylation sites is 2.